The monoisotopic (exact) mass is 328 g/mol. The molecule has 1 N–H and O–H groups in total. The van der Waals surface area contributed by atoms with E-state index in [1.807, 2.05) is 27.7 Å². The molecule has 1 atom stereocenters. The summed E-state index contributed by atoms with van der Waals surface area (Å²) in [7, 11) is -2.25. The minimum absolute atomic E-state index is 0.141. The molecular weight excluding hydrogens is 295 g/mol. The molecule has 0 bridgehead atoms. The van der Waals surface area contributed by atoms with E-state index in [9.17, 15) is 5.11 Å². The van der Waals surface area contributed by atoms with Gasteiger partial charge in [-0.3, -0.25) is 0 Å². The third-order valence-corrected chi connectivity index (χ3v) is 9.68. The highest BCUT2D eigenvalue weighted by atomic mass is 28.4. The van der Waals surface area contributed by atoms with E-state index in [0.29, 0.717) is 6.61 Å². The standard InChI is InChI=1S/C16H33BO4Si/c1-14(2,3)22(8,9)19-12-13(18)10-11-17-20-15(4,5)16(6,7)21-17/h10-11,13,18H,12H2,1-9H3/b11-10+. The van der Waals surface area contributed by atoms with Gasteiger partial charge < -0.3 is 18.8 Å². The molecule has 0 aromatic heterocycles. The Balaban J connectivity index is 2.52. The van der Waals surface area contributed by atoms with Gasteiger partial charge in [0.1, 0.15) is 0 Å². The van der Waals surface area contributed by atoms with Gasteiger partial charge in [0.2, 0.25) is 0 Å². The van der Waals surface area contributed by atoms with Crippen LogP contribution in [0.15, 0.2) is 12.1 Å². The molecule has 1 rings (SSSR count). The van der Waals surface area contributed by atoms with Crippen LogP contribution >= 0.6 is 0 Å². The van der Waals surface area contributed by atoms with Gasteiger partial charge in [0.15, 0.2) is 8.32 Å². The van der Waals surface area contributed by atoms with Crippen LogP contribution in [0.5, 0.6) is 0 Å². The van der Waals surface area contributed by atoms with Gasteiger partial charge >= 0.3 is 7.12 Å². The first-order chi connectivity index (χ1) is 9.68. The Morgan fingerprint density at radius 3 is 2.00 bits per heavy atom. The van der Waals surface area contributed by atoms with E-state index in [1.165, 1.54) is 0 Å². The first-order valence-electron chi connectivity index (χ1n) is 8.04. The number of aliphatic hydroxyl groups excluding tert-OH is 1. The maximum absolute atomic E-state index is 10.1. The zero-order chi connectivity index (χ0) is 17.4. The molecule has 0 spiro atoms. The van der Waals surface area contributed by atoms with Crippen LogP contribution in [0.4, 0.5) is 0 Å². The molecule has 0 amide bonds. The SMILES string of the molecule is CC1(C)OB(/C=C/C(O)CO[Si](C)(C)C(C)(C)C)OC1(C)C. The van der Waals surface area contributed by atoms with Crippen molar-refractivity contribution >= 4 is 15.4 Å². The first kappa shape index (κ1) is 19.9. The van der Waals surface area contributed by atoms with Crippen LogP contribution in [0.2, 0.25) is 18.1 Å². The quantitative estimate of drug-likeness (QED) is 0.784. The maximum Gasteiger partial charge on any atom is 0.486 e. The van der Waals surface area contributed by atoms with Crippen molar-refractivity contribution in [2.45, 2.75) is 83.9 Å². The third-order valence-electron chi connectivity index (χ3n) is 5.18. The van der Waals surface area contributed by atoms with Crippen LogP contribution < -0.4 is 0 Å². The Kier molecular flexibility index (Phi) is 5.79. The molecule has 0 radical (unpaired) electrons. The van der Waals surface area contributed by atoms with Gasteiger partial charge in [-0.2, -0.15) is 0 Å². The predicted octanol–water partition coefficient (Wildman–Crippen LogP) is 3.56. The molecule has 4 nitrogen and oxygen atoms in total. The summed E-state index contributed by atoms with van der Waals surface area (Å²) in [5.74, 6) is 1.77. The largest absolute Gasteiger partial charge is 0.486 e. The highest BCUT2D eigenvalue weighted by molar-refractivity contribution is 6.74. The Morgan fingerprint density at radius 2 is 1.59 bits per heavy atom. The van der Waals surface area contributed by atoms with Gasteiger partial charge in [-0.05, 0) is 45.8 Å². The molecule has 0 aromatic carbocycles. The second-order valence-corrected chi connectivity index (χ2v) is 13.5. The molecule has 1 aliphatic rings. The van der Waals surface area contributed by atoms with Crippen molar-refractivity contribution < 1.29 is 18.8 Å². The van der Waals surface area contributed by atoms with Crippen molar-refractivity contribution in [2.75, 3.05) is 6.61 Å². The summed E-state index contributed by atoms with van der Waals surface area (Å²) in [6, 6.07) is 0. The lowest BCUT2D eigenvalue weighted by molar-refractivity contribution is 0.00578. The molecule has 0 aliphatic carbocycles. The van der Waals surface area contributed by atoms with Crippen molar-refractivity contribution in [2.24, 2.45) is 0 Å². The molecule has 6 heteroatoms. The van der Waals surface area contributed by atoms with Gasteiger partial charge in [0.25, 0.3) is 0 Å². The topological polar surface area (TPSA) is 47.9 Å². The lowest BCUT2D eigenvalue weighted by Crippen LogP contribution is -2.42. The normalized spacial score (nSPS) is 23.3. The van der Waals surface area contributed by atoms with E-state index >= 15 is 0 Å². The van der Waals surface area contributed by atoms with Crippen molar-refractivity contribution in [3.05, 3.63) is 12.1 Å². The third kappa shape index (κ3) is 4.68. The Bertz CT molecular complexity index is 397. The summed E-state index contributed by atoms with van der Waals surface area (Å²) in [4.78, 5) is 0. The van der Waals surface area contributed by atoms with Gasteiger partial charge in [-0.25, -0.2) is 0 Å². The average molecular weight is 328 g/mol. The van der Waals surface area contributed by atoms with Crippen LogP contribution in [0.3, 0.4) is 0 Å². The summed E-state index contributed by atoms with van der Waals surface area (Å²) >= 11 is 0. The van der Waals surface area contributed by atoms with E-state index in [0.717, 1.165) is 0 Å². The predicted molar refractivity (Wildman–Crippen MR) is 94.4 cm³/mol. The number of hydrogen-bond donors (Lipinski definition) is 1. The van der Waals surface area contributed by atoms with Crippen LogP contribution in [-0.2, 0) is 13.7 Å². The van der Waals surface area contributed by atoms with Crippen molar-refractivity contribution in [3.63, 3.8) is 0 Å². The molecule has 1 fully saturated rings. The number of rotatable bonds is 5. The van der Waals surface area contributed by atoms with E-state index in [-0.39, 0.29) is 16.2 Å². The Morgan fingerprint density at radius 1 is 1.14 bits per heavy atom. The highest BCUT2D eigenvalue weighted by Crippen LogP contribution is 2.37. The minimum Gasteiger partial charge on any atom is -0.414 e. The summed E-state index contributed by atoms with van der Waals surface area (Å²) in [5.41, 5.74) is -0.713. The van der Waals surface area contributed by atoms with Crippen molar-refractivity contribution in [1.82, 2.24) is 0 Å². The van der Waals surface area contributed by atoms with Crippen LogP contribution in [0.25, 0.3) is 0 Å². The maximum atomic E-state index is 10.1. The van der Waals surface area contributed by atoms with Gasteiger partial charge in [0.05, 0.1) is 23.9 Å². The van der Waals surface area contributed by atoms with E-state index in [1.54, 1.807) is 12.1 Å². The fraction of sp³-hybridized carbons (Fsp3) is 0.875. The molecule has 128 valence electrons. The molecule has 1 heterocycles. The van der Waals surface area contributed by atoms with Gasteiger partial charge in [0, 0.05) is 0 Å². The van der Waals surface area contributed by atoms with E-state index < -0.39 is 21.5 Å². The van der Waals surface area contributed by atoms with Crippen molar-refractivity contribution in [3.8, 4) is 0 Å². The fourth-order valence-corrected chi connectivity index (χ4v) is 2.77. The first-order valence-corrected chi connectivity index (χ1v) is 10.9. The smallest absolute Gasteiger partial charge is 0.414 e. The highest BCUT2D eigenvalue weighted by Gasteiger charge is 2.50. The van der Waals surface area contributed by atoms with E-state index in [4.69, 9.17) is 13.7 Å². The second-order valence-electron chi connectivity index (χ2n) is 8.65. The van der Waals surface area contributed by atoms with Crippen LogP contribution in [0, 0.1) is 0 Å². The Hall–Kier alpha value is -0.138. The molecule has 0 aromatic rings. The minimum atomic E-state index is -1.83. The Labute approximate surface area is 137 Å². The number of aliphatic hydroxyl groups is 1. The second kappa shape index (κ2) is 6.40. The summed E-state index contributed by atoms with van der Waals surface area (Å²) in [6.07, 6.45) is 1.06. The lowest BCUT2D eigenvalue weighted by Gasteiger charge is -2.36. The molecular formula is C16H33BO4Si. The van der Waals surface area contributed by atoms with Crippen LogP contribution in [0.1, 0.15) is 48.5 Å². The zero-order valence-corrected chi connectivity index (χ0v) is 16.7. The van der Waals surface area contributed by atoms with Gasteiger partial charge in [-0.1, -0.05) is 32.8 Å². The molecule has 1 saturated heterocycles. The average Bonchev–Trinajstić information content (AvgIpc) is 2.51. The molecule has 22 heavy (non-hydrogen) atoms. The van der Waals surface area contributed by atoms with Crippen molar-refractivity contribution in [1.29, 1.82) is 0 Å². The molecule has 1 unspecified atom stereocenters. The fourth-order valence-electron chi connectivity index (χ4n) is 1.75. The summed E-state index contributed by atoms with van der Waals surface area (Å²) in [6.45, 7) is 19.3. The molecule has 0 saturated carbocycles. The zero-order valence-electron chi connectivity index (χ0n) is 15.7. The van der Waals surface area contributed by atoms with Crippen LogP contribution in [-0.4, -0.2) is 44.5 Å². The number of hydrogen-bond acceptors (Lipinski definition) is 4. The lowest BCUT2D eigenvalue weighted by atomic mass is 9.89. The summed E-state index contributed by atoms with van der Waals surface area (Å²) < 4.78 is 17.7. The molecule has 1 aliphatic heterocycles. The summed E-state index contributed by atoms with van der Waals surface area (Å²) in [5, 5.41) is 10.2. The van der Waals surface area contributed by atoms with Gasteiger partial charge in [-0.15, -0.1) is 0 Å². The van der Waals surface area contributed by atoms with E-state index in [2.05, 4.69) is 33.9 Å².